The third-order valence-electron chi connectivity index (χ3n) is 12.1. The van der Waals surface area contributed by atoms with Crippen molar-refractivity contribution in [3.63, 3.8) is 0 Å². The van der Waals surface area contributed by atoms with Crippen molar-refractivity contribution < 1.29 is 40.2 Å². The highest BCUT2D eigenvalue weighted by Gasteiger charge is 2.64. The predicted octanol–water partition coefficient (Wildman–Crippen LogP) is 3.65. The van der Waals surface area contributed by atoms with Crippen LogP contribution in [0.3, 0.4) is 0 Å². The standard InChI is InChI=1S/C43H63N3O8/c1-25(2)15-16-35(50)26(3)10-7-12-30(24-48)32-18-20-43(39(32)52)34(14-9-21-47)31(17-19-42(43,6)54)28(5)36(51)22-29-11-8-13-33-37(29)38(45-23-27(4)49)41(53)46-40(33)44/h7-8,10-13,15,27,32,34-35,38-40,45,47-50,52,54H,3,9,14,16-24,44H2,1-2,4-6H3,(H,46,53). The van der Waals surface area contributed by atoms with Crippen LogP contribution in [0.4, 0.5) is 0 Å². The van der Waals surface area contributed by atoms with E-state index in [-0.39, 0.29) is 37.9 Å². The van der Waals surface area contributed by atoms with Gasteiger partial charge in [0, 0.05) is 30.9 Å². The molecule has 2 saturated carbocycles. The Kier molecular flexibility index (Phi) is 15.0. The Bertz CT molecular complexity index is 1650. The number of nitrogens with one attached hydrogen (secondary N) is 2. The Morgan fingerprint density at radius 1 is 1.19 bits per heavy atom. The first-order chi connectivity index (χ1) is 25.5. The van der Waals surface area contributed by atoms with E-state index < -0.39 is 53.4 Å². The number of carbonyl (C=O) groups excluding carboxylic acids is 2. The normalized spacial score (nSPS) is 30.6. The fourth-order valence-electron chi connectivity index (χ4n) is 9.09. The lowest BCUT2D eigenvalue weighted by atomic mass is 9.52. The van der Waals surface area contributed by atoms with Gasteiger partial charge in [-0.3, -0.25) is 14.9 Å². The maximum Gasteiger partial charge on any atom is 0.243 e. The van der Waals surface area contributed by atoms with Crippen LogP contribution in [0.25, 0.3) is 0 Å². The van der Waals surface area contributed by atoms with Gasteiger partial charge in [-0.1, -0.05) is 60.2 Å². The zero-order chi connectivity index (χ0) is 40.0. The van der Waals surface area contributed by atoms with Crippen LogP contribution in [0.2, 0.25) is 0 Å². The summed E-state index contributed by atoms with van der Waals surface area (Å²) in [4.78, 5) is 27.4. The second-order valence-corrected chi connectivity index (χ2v) is 16.0. The number of ketones is 1. The number of rotatable bonds is 16. The van der Waals surface area contributed by atoms with Crippen molar-refractivity contribution in [2.24, 2.45) is 23.0 Å². The molecule has 3 aliphatic rings. The van der Waals surface area contributed by atoms with E-state index in [9.17, 15) is 40.2 Å². The number of hydrogen-bond donors (Lipinski definition) is 9. The minimum atomic E-state index is -1.31. The number of hydrogen-bond acceptors (Lipinski definition) is 10. The molecule has 0 bridgehead atoms. The van der Waals surface area contributed by atoms with Gasteiger partial charge in [0.1, 0.15) is 12.2 Å². The van der Waals surface area contributed by atoms with Gasteiger partial charge in [-0.2, -0.15) is 0 Å². The predicted molar refractivity (Wildman–Crippen MR) is 210 cm³/mol. The first kappa shape index (κ1) is 43.5. The van der Waals surface area contributed by atoms with Crippen LogP contribution >= 0.6 is 0 Å². The summed E-state index contributed by atoms with van der Waals surface area (Å²) in [5.74, 6) is -1.40. The fourth-order valence-corrected chi connectivity index (χ4v) is 9.09. The molecule has 10 N–H and O–H groups in total. The first-order valence-corrected chi connectivity index (χ1v) is 19.3. The van der Waals surface area contributed by atoms with Crippen molar-refractivity contribution in [1.29, 1.82) is 0 Å². The van der Waals surface area contributed by atoms with Crippen molar-refractivity contribution in [1.82, 2.24) is 10.6 Å². The number of Topliss-reactive ketones (excluding diaryl/α,β-unsaturated/α-hetero) is 1. The molecule has 9 unspecified atom stereocenters. The van der Waals surface area contributed by atoms with E-state index in [0.717, 1.165) is 11.1 Å². The Morgan fingerprint density at radius 3 is 2.56 bits per heavy atom. The summed E-state index contributed by atoms with van der Waals surface area (Å²) in [6.07, 6.45) is 6.80. The summed E-state index contributed by atoms with van der Waals surface area (Å²) < 4.78 is 0. The highest BCUT2D eigenvalue weighted by Crippen LogP contribution is 2.63. The molecular formula is C43H63N3O8. The first-order valence-electron chi connectivity index (χ1n) is 19.3. The molecule has 2 fully saturated rings. The lowest BCUT2D eigenvalue weighted by Crippen LogP contribution is -2.59. The van der Waals surface area contributed by atoms with Crippen molar-refractivity contribution in [3.05, 3.63) is 93.6 Å². The molecule has 1 spiro atoms. The van der Waals surface area contributed by atoms with Gasteiger partial charge in [-0.05, 0) is 119 Å². The number of fused-ring (bicyclic) bond motifs is 1. The number of aliphatic hydroxyl groups excluding tert-OH is 5. The molecule has 9 atom stereocenters. The van der Waals surface area contributed by atoms with E-state index in [2.05, 4.69) is 17.2 Å². The third kappa shape index (κ3) is 9.22. The van der Waals surface area contributed by atoms with Gasteiger partial charge in [-0.25, -0.2) is 0 Å². The second kappa shape index (κ2) is 18.6. The highest BCUT2D eigenvalue weighted by atomic mass is 16.3. The molecule has 11 nitrogen and oxygen atoms in total. The summed E-state index contributed by atoms with van der Waals surface area (Å²) >= 11 is 0. The summed E-state index contributed by atoms with van der Waals surface area (Å²) in [6.45, 7) is 12.8. The molecule has 4 rings (SSSR count). The van der Waals surface area contributed by atoms with Crippen LogP contribution in [0.1, 0.15) is 108 Å². The molecular weight excluding hydrogens is 686 g/mol. The minimum Gasteiger partial charge on any atom is -0.396 e. The van der Waals surface area contributed by atoms with Crippen LogP contribution in [-0.2, 0) is 16.0 Å². The van der Waals surface area contributed by atoms with E-state index in [1.54, 1.807) is 39.0 Å². The number of amides is 1. The van der Waals surface area contributed by atoms with Crippen LogP contribution in [0.15, 0.2) is 76.9 Å². The zero-order valence-corrected chi connectivity index (χ0v) is 32.6. The van der Waals surface area contributed by atoms with Crippen LogP contribution in [-0.4, -0.2) is 86.0 Å². The SMILES string of the molecule is C=C(C=CC=C(CO)C1CCC2(C(CCCO)C(=C(C)C(=O)Cc3cccc4c3C(NCC(C)O)C(=O)NC4N)CCC2(C)O)C1O)C(O)CC=C(C)C. The highest BCUT2D eigenvalue weighted by molar-refractivity contribution is 5.98. The van der Waals surface area contributed by atoms with Gasteiger partial charge in [-0.15, -0.1) is 0 Å². The molecule has 2 aliphatic carbocycles. The Hall–Kier alpha value is -3.26. The Labute approximate surface area is 320 Å². The average molecular weight is 750 g/mol. The van der Waals surface area contributed by atoms with Gasteiger partial charge < -0.3 is 41.7 Å². The molecule has 0 aromatic heterocycles. The molecule has 1 aromatic carbocycles. The molecule has 11 heteroatoms. The molecule has 1 heterocycles. The summed E-state index contributed by atoms with van der Waals surface area (Å²) in [6, 6.07) is 4.64. The second-order valence-electron chi connectivity index (χ2n) is 16.0. The molecule has 1 amide bonds. The largest absolute Gasteiger partial charge is 0.396 e. The number of benzene rings is 1. The maximum atomic E-state index is 14.3. The van der Waals surface area contributed by atoms with Gasteiger partial charge in [0.2, 0.25) is 5.91 Å². The molecule has 298 valence electrons. The minimum absolute atomic E-state index is 0.00921. The van der Waals surface area contributed by atoms with E-state index in [1.165, 1.54) is 0 Å². The van der Waals surface area contributed by atoms with Gasteiger partial charge in [0.15, 0.2) is 5.78 Å². The molecule has 1 aromatic rings. The van der Waals surface area contributed by atoms with Crippen LogP contribution in [0, 0.1) is 17.3 Å². The van der Waals surface area contributed by atoms with Crippen molar-refractivity contribution in [3.8, 4) is 0 Å². The van der Waals surface area contributed by atoms with Gasteiger partial charge in [0.05, 0.1) is 30.5 Å². The van der Waals surface area contributed by atoms with Gasteiger partial charge in [0.25, 0.3) is 0 Å². The number of aliphatic hydroxyl groups is 6. The molecule has 1 aliphatic heterocycles. The van der Waals surface area contributed by atoms with E-state index >= 15 is 0 Å². The Morgan fingerprint density at radius 2 is 1.91 bits per heavy atom. The lowest BCUT2D eigenvalue weighted by molar-refractivity contribution is -0.167. The Balaban J connectivity index is 1.68. The van der Waals surface area contributed by atoms with E-state index in [0.29, 0.717) is 78.4 Å². The topological polar surface area (TPSA) is 206 Å². The van der Waals surface area contributed by atoms with Crippen LogP contribution in [0.5, 0.6) is 0 Å². The summed E-state index contributed by atoms with van der Waals surface area (Å²) in [5.41, 5.74) is 9.49. The average Bonchev–Trinajstić information content (AvgIpc) is 3.46. The zero-order valence-electron chi connectivity index (χ0n) is 32.6. The van der Waals surface area contributed by atoms with Crippen molar-refractivity contribution >= 4 is 11.7 Å². The monoisotopic (exact) mass is 749 g/mol. The quantitative estimate of drug-likeness (QED) is 0.0682. The summed E-state index contributed by atoms with van der Waals surface area (Å²) in [7, 11) is 0. The third-order valence-corrected chi connectivity index (χ3v) is 12.1. The molecule has 0 saturated heterocycles. The molecule has 54 heavy (non-hydrogen) atoms. The van der Waals surface area contributed by atoms with Gasteiger partial charge >= 0.3 is 0 Å². The van der Waals surface area contributed by atoms with Crippen molar-refractivity contribution in [2.45, 2.75) is 122 Å². The van der Waals surface area contributed by atoms with E-state index in [1.807, 2.05) is 38.1 Å². The molecule has 0 radical (unpaired) electrons. The number of nitrogens with two attached hydrogens (primary N) is 1. The summed E-state index contributed by atoms with van der Waals surface area (Å²) in [5, 5.41) is 71.3. The number of allylic oxidation sites excluding steroid dienone is 5. The number of carbonyl (C=O) groups is 2. The smallest absolute Gasteiger partial charge is 0.243 e. The van der Waals surface area contributed by atoms with Crippen molar-refractivity contribution in [2.75, 3.05) is 19.8 Å². The lowest BCUT2D eigenvalue weighted by Gasteiger charge is -2.55. The maximum absolute atomic E-state index is 14.3. The van der Waals surface area contributed by atoms with E-state index in [4.69, 9.17) is 5.73 Å². The van der Waals surface area contributed by atoms with Crippen LogP contribution < -0.4 is 16.4 Å². The fraction of sp³-hybridized carbons (Fsp3) is 0.581.